The van der Waals surface area contributed by atoms with Crippen molar-refractivity contribution >= 4 is 39.7 Å². The summed E-state index contributed by atoms with van der Waals surface area (Å²) in [5, 5.41) is 1.75. The van der Waals surface area contributed by atoms with Crippen LogP contribution in [-0.4, -0.2) is 16.5 Å². The van der Waals surface area contributed by atoms with Gasteiger partial charge in [0.1, 0.15) is 10.0 Å². The minimum absolute atomic E-state index is 0.274. The maximum atomic E-state index is 6.01. The molecule has 86 valence electrons. The van der Waals surface area contributed by atoms with Crippen LogP contribution in [0.15, 0.2) is 24.5 Å². The van der Waals surface area contributed by atoms with E-state index in [-0.39, 0.29) is 6.54 Å². The molecule has 0 amide bonds. The first kappa shape index (κ1) is 12.2. The highest BCUT2D eigenvalue weighted by atomic mass is 35.5. The maximum Gasteiger partial charge on any atom is 0.165 e. The predicted molar refractivity (Wildman–Crippen MR) is 72.4 cm³/mol. The smallest absolute Gasteiger partial charge is 0.165 e. The van der Waals surface area contributed by atoms with Crippen molar-refractivity contribution in [2.75, 3.05) is 11.0 Å². The van der Waals surface area contributed by atoms with Crippen LogP contribution >= 0.6 is 34.7 Å². The van der Waals surface area contributed by atoms with Gasteiger partial charge < -0.3 is 0 Å². The van der Waals surface area contributed by atoms with E-state index in [1.807, 2.05) is 12.1 Å². The summed E-state index contributed by atoms with van der Waals surface area (Å²) in [4.78, 5) is 8.26. The van der Waals surface area contributed by atoms with Gasteiger partial charge in [0, 0.05) is 29.7 Å². The molecule has 0 spiro atoms. The van der Waals surface area contributed by atoms with E-state index < -0.39 is 0 Å². The fourth-order valence-electron chi connectivity index (χ4n) is 1.21. The molecular weight excluding hydrogens is 277 g/mol. The molecule has 0 radical (unpaired) electrons. The Balaban J connectivity index is 2.35. The summed E-state index contributed by atoms with van der Waals surface area (Å²) < 4.78 is 1.37. The molecule has 2 aromatic rings. The molecule has 0 aliphatic carbocycles. The van der Waals surface area contributed by atoms with Crippen molar-refractivity contribution in [1.29, 1.82) is 0 Å². The fourth-order valence-corrected chi connectivity index (χ4v) is 2.71. The van der Waals surface area contributed by atoms with E-state index in [1.165, 1.54) is 15.8 Å². The number of rotatable bonds is 3. The van der Waals surface area contributed by atoms with Crippen molar-refractivity contribution in [2.45, 2.75) is 0 Å². The highest BCUT2D eigenvalue weighted by Gasteiger charge is 2.15. The van der Waals surface area contributed by atoms with Gasteiger partial charge in [-0.1, -0.05) is 28.9 Å². The van der Waals surface area contributed by atoms with Gasteiger partial charge in [0.05, 0.1) is 6.54 Å². The van der Waals surface area contributed by atoms with Crippen LogP contribution in [0, 0.1) is 12.3 Å². The largest absolute Gasteiger partial charge is 0.264 e. The lowest BCUT2D eigenvalue weighted by molar-refractivity contribution is 1.24. The van der Waals surface area contributed by atoms with Gasteiger partial charge in [-0.05, 0) is 12.1 Å². The van der Waals surface area contributed by atoms with Crippen molar-refractivity contribution in [1.82, 2.24) is 9.97 Å². The summed E-state index contributed by atoms with van der Waals surface area (Å²) >= 11 is 13.4. The van der Waals surface area contributed by atoms with Crippen LogP contribution in [0.5, 0.6) is 0 Å². The highest BCUT2D eigenvalue weighted by molar-refractivity contribution is 7.20. The summed E-state index contributed by atoms with van der Waals surface area (Å²) in [5.41, 5.74) is 0.899. The molecule has 2 rings (SSSR count). The average Bonchev–Trinajstić information content (AvgIpc) is 2.73. The number of thiazole rings is 1. The molecule has 0 aliphatic rings. The molecule has 0 saturated heterocycles. The normalized spacial score (nSPS) is 9.94. The molecule has 0 bridgehead atoms. The molecule has 0 atom stereocenters. The predicted octanol–water partition coefficient (Wildman–Crippen LogP) is 3.45. The molecule has 6 heteroatoms. The molecule has 0 saturated carbocycles. The van der Waals surface area contributed by atoms with E-state index in [0.29, 0.717) is 10.2 Å². The Labute approximate surface area is 113 Å². The quantitative estimate of drug-likeness (QED) is 0.638. The number of nitrogens with zero attached hydrogens (tertiary/aromatic N) is 3. The second kappa shape index (κ2) is 5.37. The Morgan fingerprint density at radius 3 is 3.00 bits per heavy atom. The van der Waals surface area contributed by atoms with Crippen LogP contribution < -0.4 is 4.42 Å². The van der Waals surface area contributed by atoms with Gasteiger partial charge in [0.2, 0.25) is 0 Å². The topological polar surface area (TPSA) is 29.0 Å². The van der Waals surface area contributed by atoms with Gasteiger partial charge in [0.15, 0.2) is 5.15 Å². The molecule has 0 aromatic carbocycles. The van der Waals surface area contributed by atoms with Crippen molar-refractivity contribution in [2.24, 2.45) is 0 Å². The molecule has 0 N–H and O–H groups in total. The Morgan fingerprint density at radius 1 is 1.53 bits per heavy atom. The monoisotopic (exact) mass is 283 g/mol. The number of halogens is 2. The van der Waals surface area contributed by atoms with Crippen molar-refractivity contribution in [3.05, 3.63) is 29.7 Å². The third-order valence-electron chi connectivity index (χ3n) is 1.93. The van der Waals surface area contributed by atoms with Gasteiger partial charge in [-0.25, -0.2) is 4.98 Å². The van der Waals surface area contributed by atoms with Crippen molar-refractivity contribution in [3.8, 4) is 22.9 Å². The first-order valence-corrected chi connectivity index (χ1v) is 6.19. The number of hydrogen-bond acceptors (Lipinski definition) is 4. The summed E-state index contributed by atoms with van der Waals surface area (Å²) in [5.74, 6) is 2.44. The van der Waals surface area contributed by atoms with E-state index in [9.17, 15) is 0 Å². The van der Waals surface area contributed by atoms with E-state index >= 15 is 0 Å². The third kappa shape index (κ3) is 2.70. The van der Waals surface area contributed by atoms with E-state index in [4.69, 9.17) is 29.8 Å². The SMILES string of the molecule is C#CCN(Cl)c1sc(-c2cccnc2)nc1Cl. The first-order chi connectivity index (χ1) is 8.22. The zero-order valence-electron chi connectivity index (χ0n) is 8.60. The minimum atomic E-state index is 0.274. The van der Waals surface area contributed by atoms with Gasteiger partial charge >= 0.3 is 0 Å². The Bertz CT molecular complexity index is 548. The molecule has 2 heterocycles. The number of terminal acetylenes is 1. The zero-order valence-corrected chi connectivity index (χ0v) is 10.9. The second-order valence-electron chi connectivity index (χ2n) is 3.08. The maximum absolute atomic E-state index is 6.01. The lowest BCUT2D eigenvalue weighted by Crippen LogP contribution is -2.08. The number of hydrogen-bond donors (Lipinski definition) is 0. The molecule has 17 heavy (non-hydrogen) atoms. The van der Waals surface area contributed by atoms with Crippen LogP contribution in [-0.2, 0) is 0 Å². The first-order valence-electron chi connectivity index (χ1n) is 4.66. The van der Waals surface area contributed by atoms with Gasteiger partial charge in [-0.3, -0.25) is 9.40 Å². The van der Waals surface area contributed by atoms with E-state index in [0.717, 1.165) is 10.6 Å². The van der Waals surface area contributed by atoms with Gasteiger partial charge in [-0.15, -0.1) is 6.42 Å². The van der Waals surface area contributed by atoms with Crippen LogP contribution in [0.25, 0.3) is 10.6 Å². The zero-order chi connectivity index (χ0) is 12.3. The van der Waals surface area contributed by atoms with Crippen molar-refractivity contribution < 1.29 is 0 Å². The van der Waals surface area contributed by atoms with E-state index in [1.54, 1.807) is 12.4 Å². The average molecular weight is 284 g/mol. The molecule has 3 nitrogen and oxygen atoms in total. The lowest BCUT2D eigenvalue weighted by atomic mass is 10.3. The van der Waals surface area contributed by atoms with Crippen molar-refractivity contribution in [3.63, 3.8) is 0 Å². The highest BCUT2D eigenvalue weighted by Crippen LogP contribution is 2.37. The summed E-state index contributed by atoms with van der Waals surface area (Å²) in [6, 6.07) is 3.75. The van der Waals surface area contributed by atoms with E-state index in [2.05, 4.69) is 15.9 Å². The van der Waals surface area contributed by atoms with Crippen LogP contribution in [0.3, 0.4) is 0 Å². The molecular formula is C11H7Cl2N3S. The Morgan fingerprint density at radius 2 is 2.35 bits per heavy atom. The molecule has 2 aromatic heterocycles. The number of pyridine rings is 1. The third-order valence-corrected chi connectivity index (χ3v) is 3.82. The van der Waals surface area contributed by atoms with Crippen LogP contribution in [0.4, 0.5) is 5.00 Å². The molecule has 0 fully saturated rings. The van der Waals surface area contributed by atoms with Crippen LogP contribution in [0.2, 0.25) is 5.15 Å². The lowest BCUT2D eigenvalue weighted by Gasteiger charge is -2.08. The minimum Gasteiger partial charge on any atom is -0.264 e. The second-order valence-corrected chi connectivity index (χ2v) is 4.82. The van der Waals surface area contributed by atoms with Gasteiger partial charge in [0.25, 0.3) is 0 Å². The Hall–Kier alpha value is -1.28. The molecule has 0 aliphatic heterocycles. The number of anilines is 1. The Kier molecular flexibility index (Phi) is 3.85. The fraction of sp³-hybridized carbons (Fsp3) is 0.0909. The van der Waals surface area contributed by atoms with Crippen LogP contribution in [0.1, 0.15) is 0 Å². The standard InChI is InChI=1S/C11H7Cl2N3S/c1-2-6-16(13)11-9(12)15-10(17-11)8-4-3-5-14-7-8/h1,3-5,7H,6H2. The summed E-state index contributed by atoms with van der Waals surface area (Å²) in [6.45, 7) is 0.274. The van der Waals surface area contributed by atoms with Gasteiger partial charge in [-0.2, -0.15) is 0 Å². The summed E-state index contributed by atoms with van der Waals surface area (Å²) in [7, 11) is 0. The number of aromatic nitrogens is 2. The molecule has 0 unspecified atom stereocenters. The summed E-state index contributed by atoms with van der Waals surface area (Å²) in [6.07, 6.45) is 8.61.